The van der Waals surface area contributed by atoms with Gasteiger partial charge >= 0.3 is 5.97 Å². The number of carboxylic acids is 1. The standard InChI is InChI=1S/C18H27N3O4S/c1-18(2)13(17(24)25)21-15(23)12(16(21)26-18)20-14(22)11(19)9-8-10-6-4-3-5-7-10/h8-13,16H,3-7,19H2,1-2H3,(H,20,22)(H,24,25)/b9-8+/t11?,12-,13-,16+/m0/s1. The third-order valence-corrected chi connectivity index (χ3v) is 7.09. The van der Waals surface area contributed by atoms with Crippen LogP contribution in [0.25, 0.3) is 0 Å². The van der Waals surface area contributed by atoms with E-state index in [1.165, 1.54) is 35.9 Å². The molecule has 3 aliphatic rings. The summed E-state index contributed by atoms with van der Waals surface area (Å²) in [7, 11) is 0. The minimum atomic E-state index is -1.02. The summed E-state index contributed by atoms with van der Waals surface area (Å²) in [6.45, 7) is 3.61. The van der Waals surface area contributed by atoms with Crippen molar-refractivity contribution in [1.29, 1.82) is 0 Å². The third kappa shape index (κ3) is 3.49. The third-order valence-electron chi connectivity index (χ3n) is 5.52. The lowest BCUT2D eigenvalue weighted by Gasteiger charge is -2.43. The van der Waals surface area contributed by atoms with E-state index in [1.54, 1.807) is 19.9 Å². The first-order valence-electron chi connectivity index (χ1n) is 9.19. The van der Waals surface area contributed by atoms with Gasteiger partial charge in [0.1, 0.15) is 23.5 Å². The van der Waals surface area contributed by atoms with E-state index in [2.05, 4.69) is 5.32 Å². The van der Waals surface area contributed by atoms with Gasteiger partial charge < -0.3 is 21.1 Å². The number of nitrogens with two attached hydrogens (primary N) is 1. The van der Waals surface area contributed by atoms with Crippen molar-refractivity contribution in [3.8, 4) is 0 Å². The van der Waals surface area contributed by atoms with Crippen molar-refractivity contribution < 1.29 is 19.5 Å². The fraction of sp³-hybridized carbons (Fsp3) is 0.722. The summed E-state index contributed by atoms with van der Waals surface area (Å²) in [5, 5.41) is 11.8. The molecular formula is C18H27N3O4S. The highest BCUT2D eigenvalue weighted by molar-refractivity contribution is 8.01. The van der Waals surface area contributed by atoms with Gasteiger partial charge in [-0.25, -0.2) is 4.79 Å². The molecule has 1 saturated carbocycles. The molecule has 0 aromatic rings. The highest BCUT2D eigenvalue weighted by atomic mass is 32.2. The van der Waals surface area contributed by atoms with Gasteiger partial charge in [0.2, 0.25) is 11.8 Å². The van der Waals surface area contributed by atoms with E-state index in [-0.39, 0.29) is 11.3 Å². The van der Waals surface area contributed by atoms with Gasteiger partial charge in [-0.1, -0.05) is 31.4 Å². The largest absolute Gasteiger partial charge is 0.480 e. The number of carbonyl (C=O) groups excluding carboxylic acids is 2. The number of fused-ring (bicyclic) bond motifs is 1. The quantitative estimate of drug-likeness (QED) is 0.485. The number of hydrogen-bond acceptors (Lipinski definition) is 5. The van der Waals surface area contributed by atoms with Crippen LogP contribution in [0.5, 0.6) is 0 Å². The monoisotopic (exact) mass is 381 g/mol. The molecule has 3 fully saturated rings. The predicted octanol–water partition coefficient (Wildman–Crippen LogP) is 1.08. The zero-order valence-corrected chi connectivity index (χ0v) is 16.0. The van der Waals surface area contributed by atoms with Gasteiger partial charge in [-0.15, -0.1) is 11.8 Å². The van der Waals surface area contributed by atoms with E-state index in [0.717, 1.165) is 12.8 Å². The molecule has 8 heteroatoms. The molecule has 2 heterocycles. The molecule has 0 bridgehead atoms. The number of carbonyl (C=O) groups is 3. The van der Waals surface area contributed by atoms with E-state index in [0.29, 0.717) is 5.92 Å². The maximum absolute atomic E-state index is 12.4. The fourth-order valence-electron chi connectivity index (χ4n) is 4.09. The lowest BCUT2D eigenvalue weighted by atomic mass is 9.89. The molecule has 2 saturated heterocycles. The zero-order chi connectivity index (χ0) is 19.1. The first-order valence-corrected chi connectivity index (χ1v) is 10.1. The van der Waals surface area contributed by atoms with Gasteiger partial charge in [0.05, 0.1) is 0 Å². The highest BCUT2D eigenvalue weighted by Crippen LogP contribution is 2.50. The number of carboxylic acid groups (broad SMARTS) is 1. The Bertz CT molecular complexity index is 630. The van der Waals surface area contributed by atoms with Crippen LogP contribution < -0.4 is 11.1 Å². The molecule has 1 aliphatic carbocycles. The second-order valence-electron chi connectivity index (χ2n) is 7.89. The SMILES string of the molecule is CC1(C)S[C@@H]2[C@@H](NC(=O)C(N)/C=C/C3CCCCC3)C(=O)N2[C@H]1C(=O)O. The van der Waals surface area contributed by atoms with Crippen molar-refractivity contribution in [3.63, 3.8) is 0 Å². The van der Waals surface area contributed by atoms with Crippen molar-refractivity contribution in [1.82, 2.24) is 10.2 Å². The average Bonchev–Trinajstić information content (AvgIpc) is 2.86. The van der Waals surface area contributed by atoms with Crippen LogP contribution >= 0.6 is 11.8 Å². The van der Waals surface area contributed by atoms with Crippen LogP contribution in [-0.2, 0) is 14.4 Å². The second-order valence-corrected chi connectivity index (χ2v) is 9.66. The Morgan fingerprint density at radius 3 is 2.62 bits per heavy atom. The summed E-state index contributed by atoms with van der Waals surface area (Å²) in [5.41, 5.74) is 5.95. The molecule has 0 aromatic carbocycles. The van der Waals surface area contributed by atoms with Crippen LogP contribution in [0.1, 0.15) is 46.0 Å². The molecular weight excluding hydrogens is 354 g/mol. The van der Waals surface area contributed by atoms with Gasteiger partial charge in [-0.05, 0) is 32.6 Å². The van der Waals surface area contributed by atoms with Gasteiger partial charge in [0.25, 0.3) is 0 Å². The van der Waals surface area contributed by atoms with E-state index >= 15 is 0 Å². The van der Waals surface area contributed by atoms with Crippen LogP contribution in [-0.4, -0.2) is 56.0 Å². The number of nitrogens with zero attached hydrogens (tertiary/aromatic N) is 1. The van der Waals surface area contributed by atoms with Crippen LogP contribution in [0.4, 0.5) is 0 Å². The van der Waals surface area contributed by atoms with Crippen LogP contribution in [0.3, 0.4) is 0 Å². The Labute approximate surface area is 157 Å². The number of allylic oxidation sites excluding steroid dienone is 1. The maximum Gasteiger partial charge on any atom is 0.327 e. The molecule has 0 aromatic heterocycles. The van der Waals surface area contributed by atoms with Gasteiger partial charge in [0, 0.05) is 4.75 Å². The van der Waals surface area contributed by atoms with Crippen molar-refractivity contribution in [2.24, 2.45) is 11.7 Å². The van der Waals surface area contributed by atoms with E-state index in [1.807, 2.05) is 6.08 Å². The Morgan fingerprint density at radius 2 is 2.00 bits per heavy atom. The Kier molecular flexibility index (Phi) is 5.35. The molecule has 1 unspecified atom stereocenters. The summed E-state index contributed by atoms with van der Waals surface area (Å²) < 4.78 is -0.603. The van der Waals surface area contributed by atoms with Gasteiger partial charge in [0.15, 0.2) is 0 Å². The number of nitrogens with one attached hydrogen (secondary N) is 1. The predicted molar refractivity (Wildman–Crippen MR) is 99.3 cm³/mol. The maximum atomic E-state index is 12.4. The lowest BCUT2D eigenvalue weighted by molar-refractivity contribution is -0.161. The molecule has 144 valence electrons. The molecule has 0 radical (unpaired) electrons. The number of amides is 2. The fourth-order valence-corrected chi connectivity index (χ4v) is 5.71. The Balaban J connectivity index is 1.58. The van der Waals surface area contributed by atoms with Crippen molar-refractivity contribution in [2.75, 3.05) is 0 Å². The number of hydrogen-bond donors (Lipinski definition) is 3. The number of rotatable bonds is 5. The first-order chi connectivity index (χ1) is 12.2. The molecule has 0 spiro atoms. The Morgan fingerprint density at radius 1 is 1.35 bits per heavy atom. The van der Waals surface area contributed by atoms with Crippen molar-refractivity contribution in [2.45, 2.75) is 74.2 Å². The summed E-state index contributed by atoms with van der Waals surface area (Å²) in [4.78, 5) is 37.6. The van der Waals surface area contributed by atoms with Crippen molar-refractivity contribution >= 4 is 29.5 Å². The van der Waals surface area contributed by atoms with Crippen LogP contribution in [0.2, 0.25) is 0 Å². The first kappa shape index (κ1) is 19.2. The van der Waals surface area contributed by atoms with E-state index < -0.39 is 34.7 Å². The summed E-state index contributed by atoms with van der Waals surface area (Å²) in [6, 6.07) is -2.38. The molecule has 4 N–H and O–H groups in total. The Hall–Kier alpha value is -1.54. The molecule has 26 heavy (non-hydrogen) atoms. The molecule has 3 rings (SSSR count). The zero-order valence-electron chi connectivity index (χ0n) is 15.2. The average molecular weight is 381 g/mol. The minimum Gasteiger partial charge on any atom is -0.480 e. The second kappa shape index (κ2) is 7.23. The highest BCUT2D eigenvalue weighted by Gasteiger charge is 2.64. The van der Waals surface area contributed by atoms with E-state index in [9.17, 15) is 19.5 Å². The summed E-state index contributed by atoms with van der Waals surface area (Å²) >= 11 is 1.41. The number of aliphatic carboxylic acids is 1. The molecule has 2 amide bonds. The van der Waals surface area contributed by atoms with E-state index in [4.69, 9.17) is 5.73 Å². The minimum absolute atomic E-state index is 0.350. The summed E-state index contributed by atoms with van der Waals surface area (Å²) in [5.74, 6) is -1.29. The lowest BCUT2D eigenvalue weighted by Crippen LogP contribution is -2.71. The normalized spacial score (nSPS) is 32.2. The summed E-state index contributed by atoms with van der Waals surface area (Å²) in [6.07, 6.45) is 9.69. The van der Waals surface area contributed by atoms with Gasteiger partial charge in [-0.3, -0.25) is 9.59 Å². The van der Waals surface area contributed by atoms with Crippen LogP contribution in [0, 0.1) is 5.92 Å². The smallest absolute Gasteiger partial charge is 0.327 e. The van der Waals surface area contributed by atoms with Crippen LogP contribution in [0.15, 0.2) is 12.2 Å². The topological polar surface area (TPSA) is 113 Å². The number of thioether (sulfide) groups is 1. The molecule has 2 aliphatic heterocycles. The van der Waals surface area contributed by atoms with Crippen molar-refractivity contribution in [3.05, 3.63) is 12.2 Å². The molecule has 4 atom stereocenters. The molecule has 7 nitrogen and oxygen atoms in total. The van der Waals surface area contributed by atoms with Gasteiger partial charge in [-0.2, -0.15) is 0 Å². The number of β-lactam (4-membered cyclic amide) rings is 1.